The predicted molar refractivity (Wildman–Crippen MR) is 205 cm³/mol. The van der Waals surface area contributed by atoms with Gasteiger partial charge in [0.15, 0.2) is 9.84 Å². The van der Waals surface area contributed by atoms with Crippen LogP contribution in [0.25, 0.3) is 44.6 Å². The Balaban J connectivity index is 0.000000210. The van der Waals surface area contributed by atoms with Gasteiger partial charge >= 0.3 is 0 Å². The first kappa shape index (κ1) is 39.5. The molecule has 0 saturated heterocycles. The molecule has 6 rings (SSSR count). The van der Waals surface area contributed by atoms with E-state index in [1.165, 1.54) is 43.4 Å². The SMILES string of the molecule is CNC(=O)c1c(-c2ccc(F)cc2)oc2cc(C)c(OC(C)C)cc12.CNC(=O)c1c(-c2ccc(F)cc2)oc2cc(CS(C)(=O)=O)c(OC(C)C)cc12. The second-order valence-corrected chi connectivity index (χ2v) is 15.4. The average molecular weight is 761 g/mol. The second kappa shape index (κ2) is 16.1. The van der Waals surface area contributed by atoms with Crippen LogP contribution in [-0.4, -0.2) is 52.8 Å². The Morgan fingerprint density at radius 2 is 1.09 bits per heavy atom. The zero-order valence-electron chi connectivity index (χ0n) is 31.2. The van der Waals surface area contributed by atoms with Crippen LogP contribution in [0.15, 0.2) is 81.6 Å². The minimum absolute atomic E-state index is 0.0167. The molecule has 2 aromatic heterocycles. The number of amides is 2. The molecule has 0 atom stereocenters. The lowest BCUT2D eigenvalue weighted by Crippen LogP contribution is -2.18. The minimum atomic E-state index is -3.33. The number of ether oxygens (including phenoxy) is 2. The van der Waals surface area contributed by atoms with Crippen molar-refractivity contribution in [2.75, 3.05) is 20.4 Å². The van der Waals surface area contributed by atoms with Gasteiger partial charge < -0.3 is 28.9 Å². The predicted octanol–water partition coefficient (Wildman–Crippen LogP) is 8.62. The maximum atomic E-state index is 13.3. The van der Waals surface area contributed by atoms with Gasteiger partial charge in [0.05, 0.1) is 29.1 Å². The zero-order chi connectivity index (χ0) is 39.5. The van der Waals surface area contributed by atoms with E-state index in [9.17, 15) is 26.8 Å². The molecule has 0 aliphatic heterocycles. The van der Waals surface area contributed by atoms with E-state index in [-0.39, 0.29) is 46.9 Å². The van der Waals surface area contributed by atoms with Crippen LogP contribution in [0.2, 0.25) is 0 Å². The lowest BCUT2D eigenvalue weighted by Gasteiger charge is -2.14. The Morgan fingerprint density at radius 1 is 0.685 bits per heavy atom. The van der Waals surface area contributed by atoms with Gasteiger partial charge in [-0.15, -0.1) is 0 Å². The molecule has 2 heterocycles. The van der Waals surface area contributed by atoms with Gasteiger partial charge in [0.1, 0.15) is 45.8 Å². The number of hydrogen-bond acceptors (Lipinski definition) is 8. The molecule has 0 aliphatic carbocycles. The molecule has 13 heteroatoms. The van der Waals surface area contributed by atoms with E-state index < -0.39 is 15.7 Å². The molecule has 0 spiro atoms. The number of halogens is 2. The molecule has 0 radical (unpaired) electrons. The summed E-state index contributed by atoms with van der Waals surface area (Å²) in [4.78, 5) is 25.1. The summed E-state index contributed by atoms with van der Waals surface area (Å²) in [7, 11) is -0.264. The van der Waals surface area contributed by atoms with Crippen LogP contribution >= 0.6 is 0 Å². The third kappa shape index (κ3) is 8.91. The fourth-order valence-electron chi connectivity index (χ4n) is 5.84. The number of sulfone groups is 1. The number of rotatable bonds is 10. The average Bonchev–Trinajstić information content (AvgIpc) is 3.65. The lowest BCUT2D eigenvalue weighted by molar-refractivity contribution is 0.0956. The van der Waals surface area contributed by atoms with E-state index >= 15 is 0 Å². The molecular weight excluding hydrogens is 719 g/mol. The number of hydrogen-bond donors (Lipinski definition) is 2. The van der Waals surface area contributed by atoms with Crippen molar-refractivity contribution in [3.05, 3.63) is 107 Å². The highest BCUT2D eigenvalue weighted by Gasteiger charge is 2.25. The normalized spacial score (nSPS) is 11.5. The largest absolute Gasteiger partial charge is 0.491 e. The number of fused-ring (bicyclic) bond motifs is 2. The molecule has 0 bridgehead atoms. The van der Waals surface area contributed by atoms with Crippen LogP contribution in [0, 0.1) is 18.6 Å². The van der Waals surface area contributed by atoms with Crippen LogP contribution in [0.5, 0.6) is 11.5 Å². The third-order valence-electron chi connectivity index (χ3n) is 8.12. The minimum Gasteiger partial charge on any atom is -0.491 e. The lowest BCUT2D eigenvalue weighted by atomic mass is 10.0. The number of aryl methyl sites for hydroxylation is 1. The van der Waals surface area contributed by atoms with Gasteiger partial charge in [-0.2, -0.15) is 0 Å². The molecule has 0 fully saturated rings. The van der Waals surface area contributed by atoms with Gasteiger partial charge in [0.2, 0.25) is 0 Å². The summed E-state index contributed by atoms with van der Waals surface area (Å²) >= 11 is 0. The molecule has 0 unspecified atom stereocenters. The molecule has 54 heavy (non-hydrogen) atoms. The highest BCUT2D eigenvalue weighted by Crippen LogP contribution is 2.39. The van der Waals surface area contributed by atoms with Crippen molar-refractivity contribution in [2.24, 2.45) is 0 Å². The molecule has 2 N–H and O–H groups in total. The fourth-order valence-corrected chi connectivity index (χ4v) is 6.63. The van der Waals surface area contributed by atoms with Crippen molar-refractivity contribution < 1.29 is 45.1 Å². The number of carbonyl (C=O) groups is 2. The summed E-state index contributed by atoms with van der Waals surface area (Å²) in [5.74, 6) is 0.133. The van der Waals surface area contributed by atoms with E-state index in [0.717, 1.165) is 11.8 Å². The zero-order valence-corrected chi connectivity index (χ0v) is 32.0. The van der Waals surface area contributed by atoms with Gasteiger partial charge in [-0.25, -0.2) is 17.2 Å². The first-order valence-electron chi connectivity index (χ1n) is 17.1. The number of benzene rings is 4. The molecule has 0 aliphatic rings. The third-order valence-corrected chi connectivity index (χ3v) is 8.96. The van der Waals surface area contributed by atoms with Crippen molar-refractivity contribution >= 4 is 43.6 Å². The maximum absolute atomic E-state index is 13.3. The van der Waals surface area contributed by atoms with Gasteiger partial charge in [0.25, 0.3) is 11.8 Å². The van der Waals surface area contributed by atoms with Crippen molar-refractivity contribution in [3.63, 3.8) is 0 Å². The van der Waals surface area contributed by atoms with Crippen LogP contribution < -0.4 is 20.1 Å². The van der Waals surface area contributed by atoms with Crippen molar-refractivity contribution in [1.29, 1.82) is 0 Å². The van der Waals surface area contributed by atoms with Crippen LogP contribution in [0.3, 0.4) is 0 Å². The number of furan rings is 2. The Morgan fingerprint density at radius 3 is 1.50 bits per heavy atom. The summed E-state index contributed by atoms with van der Waals surface area (Å²) in [6.45, 7) is 9.48. The summed E-state index contributed by atoms with van der Waals surface area (Å²) in [5.41, 5.74) is 4.15. The summed E-state index contributed by atoms with van der Waals surface area (Å²) < 4.78 is 73.8. The highest BCUT2D eigenvalue weighted by atomic mass is 32.2. The van der Waals surface area contributed by atoms with E-state index in [4.69, 9.17) is 18.3 Å². The Kier molecular flexibility index (Phi) is 11.8. The van der Waals surface area contributed by atoms with Gasteiger partial charge in [-0.1, -0.05) is 0 Å². The summed E-state index contributed by atoms with van der Waals surface area (Å²) in [6, 6.07) is 18.3. The van der Waals surface area contributed by atoms with Gasteiger partial charge in [-0.3, -0.25) is 9.59 Å². The van der Waals surface area contributed by atoms with E-state index in [1.807, 2.05) is 46.8 Å². The quantitative estimate of drug-likeness (QED) is 0.142. The fraction of sp³-hybridized carbons (Fsp3) is 0.268. The Bertz CT molecular complexity index is 2430. The monoisotopic (exact) mass is 760 g/mol. The Labute approximate surface area is 312 Å². The maximum Gasteiger partial charge on any atom is 0.255 e. The molecular formula is C41H42F2N2O8S. The standard InChI is InChI=1S/C21H22FNO5S.C20H20FNO3/c1-12(2)27-17-10-16-18(9-14(17)11-29(4,25)26)28-20(19(16)21(24)23-3)13-5-7-15(22)8-6-13;1-11(2)24-16-10-15-17(9-12(16)3)25-19(18(15)20(23)22-4)13-5-7-14(21)8-6-13/h5-10,12H,11H2,1-4H3,(H,23,24);5-11H,1-4H3,(H,22,23). The molecule has 0 saturated carbocycles. The molecule has 10 nitrogen and oxygen atoms in total. The highest BCUT2D eigenvalue weighted by molar-refractivity contribution is 7.89. The first-order valence-corrected chi connectivity index (χ1v) is 19.2. The van der Waals surface area contributed by atoms with E-state index in [2.05, 4.69) is 10.6 Å². The Hall–Kier alpha value is -5.69. The summed E-state index contributed by atoms with van der Waals surface area (Å²) in [5, 5.41) is 6.38. The van der Waals surface area contributed by atoms with Crippen LogP contribution in [-0.2, 0) is 15.6 Å². The van der Waals surface area contributed by atoms with Gasteiger partial charge in [-0.05, 0) is 113 Å². The van der Waals surface area contributed by atoms with Crippen molar-refractivity contribution in [1.82, 2.24) is 10.6 Å². The summed E-state index contributed by atoms with van der Waals surface area (Å²) in [6.07, 6.45) is 0.957. The smallest absolute Gasteiger partial charge is 0.255 e. The molecule has 4 aromatic carbocycles. The number of carbonyl (C=O) groups excluding carboxylic acids is 2. The van der Waals surface area contributed by atoms with Crippen LogP contribution in [0.4, 0.5) is 8.78 Å². The van der Waals surface area contributed by atoms with Crippen LogP contribution in [0.1, 0.15) is 59.5 Å². The van der Waals surface area contributed by atoms with Crippen molar-refractivity contribution in [3.8, 4) is 34.1 Å². The number of nitrogens with one attached hydrogen (secondary N) is 2. The second-order valence-electron chi connectivity index (χ2n) is 13.3. The van der Waals surface area contributed by atoms with Crippen molar-refractivity contribution in [2.45, 2.75) is 52.6 Å². The topological polar surface area (TPSA) is 137 Å². The van der Waals surface area contributed by atoms with E-state index in [0.29, 0.717) is 61.5 Å². The molecule has 284 valence electrons. The molecule has 2 amide bonds. The van der Waals surface area contributed by atoms with Gasteiger partial charge in [0, 0.05) is 47.8 Å². The van der Waals surface area contributed by atoms with E-state index in [1.54, 1.807) is 31.3 Å². The molecule has 6 aromatic rings. The first-order chi connectivity index (χ1) is 25.5.